The van der Waals surface area contributed by atoms with E-state index in [0.29, 0.717) is 18.0 Å². The minimum Gasteiger partial charge on any atom is -0.351 e. The molecule has 0 spiro atoms. The highest BCUT2D eigenvalue weighted by atomic mass is 35.5. The van der Waals surface area contributed by atoms with Crippen molar-refractivity contribution < 1.29 is 13.2 Å². The molecule has 1 aliphatic heterocycles. The second kappa shape index (κ2) is 6.77. The molecule has 2 rings (SSSR count). The van der Waals surface area contributed by atoms with E-state index in [4.69, 9.17) is 11.6 Å². The maximum absolute atomic E-state index is 11.9. The van der Waals surface area contributed by atoms with Crippen molar-refractivity contribution in [2.24, 2.45) is 0 Å². The van der Waals surface area contributed by atoms with Gasteiger partial charge in [0.15, 0.2) is 9.84 Å². The van der Waals surface area contributed by atoms with E-state index < -0.39 is 9.84 Å². The number of hydrogen-bond acceptors (Lipinski definition) is 4. The van der Waals surface area contributed by atoms with Gasteiger partial charge in [0.2, 0.25) is 5.91 Å². The van der Waals surface area contributed by atoms with Crippen molar-refractivity contribution in [2.45, 2.75) is 19.0 Å². The number of carbonyl (C=O) groups excluding carboxylic acids is 1. The number of carbonyl (C=O) groups is 1. The Kier molecular flexibility index (Phi) is 5.24. The fraction of sp³-hybridized carbons (Fsp3) is 0.500. The number of halogens is 1. The van der Waals surface area contributed by atoms with Crippen LogP contribution >= 0.6 is 11.6 Å². The minimum absolute atomic E-state index is 0.0685. The van der Waals surface area contributed by atoms with Crippen LogP contribution in [0.4, 0.5) is 0 Å². The SMILES string of the molecule is CN(CC(=O)NCc1ccccc1Cl)C1CCS(=O)(=O)C1. The van der Waals surface area contributed by atoms with Gasteiger partial charge in [0, 0.05) is 17.6 Å². The molecule has 5 nitrogen and oxygen atoms in total. The van der Waals surface area contributed by atoms with Gasteiger partial charge in [-0.3, -0.25) is 9.69 Å². The molecule has 1 aromatic rings. The summed E-state index contributed by atoms with van der Waals surface area (Å²) < 4.78 is 22.9. The monoisotopic (exact) mass is 330 g/mol. The summed E-state index contributed by atoms with van der Waals surface area (Å²) in [5.41, 5.74) is 0.860. The maximum Gasteiger partial charge on any atom is 0.234 e. The van der Waals surface area contributed by atoms with Crippen LogP contribution in [0, 0.1) is 0 Å². The Hall–Kier alpha value is -1.11. The predicted molar refractivity (Wildman–Crippen MR) is 83.0 cm³/mol. The number of likely N-dealkylation sites (N-methyl/N-ethyl adjacent to an activating group) is 1. The van der Waals surface area contributed by atoms with E-state index in [2.05, 4.69) is 5.32 Å². The second-order valence-electron chi connectivity index (χ2n) is 5.34. The van der Waals surface area contributed by atoms with Gasteiger partial charge in [-0.1, -0.05) is 29.8 Å². The molecule has 21 heavy (non-hydrogen) atoms. The van der Waals surface area contributed by atoms with Crippen LogP contribution in [0.15, 0.2) is 24.3 Å². The summed E-state index contributed by atoms with van der Waals surface area (Å²) >= 11 is 6.02. The van der Waals surface area contributed by atoms with E-state index in [9.17, 15) is 13.2 Å². The maximum atomic E-state index is 11.9. The highest BCUT2D eigenvalue weighted by Gasteiger charge is 2.31. The van der Waals surface area contributed by atoms with E-state index in [-0.39, 0.29) is 30.0 Å². The summed E-state index contributed by atoms with van der Waals surface area (Å²) in [5.74, 6) is 0.214. The van der Waals surface area contributed by atoms with E-state index >= 15 is 0 Å². The molecule has 1 heterocycles. The fourth-order valence-corrected chi connectivity index (χ4v) is 4.38. The lowest BCUT2D eigenvalue weighted by molar-refractivity contribution is -0.122. The Morgan fingerprint density at radius 3 is 2.76 bits per heavy atom. The molecule has 0 aliphatic carbocycles. The van der Waals surface area contributed by atoms with Crippen LogP contribution in [0.1, 0.15) is 12.0 Å². The third-order valence-corrected chi connectivity index (χ3v) is 5.78. The van der Waals surface area contributed by atoms with Gasteiger partial charge in [0.25, 0.3) is 0 Å². The molecule has 1 aromatic carbocycles. The Morgan fingerprint density at radius 1 is 1.43 bits per heavy atom. The van der Waals surface area contributed by atoms with Crippen molar-refractivity contribution in [3.8, 4) is 0 Å². The topological polar surface area (TPSA) is 66.5 Å². The summed E-state index contributed by atoms with van der Waals surface area (Å²) in [6.07, 6.45) is 0.594. The molecule has 1 saturated heterocycles. The summed E-state index contributed by atoms with van der Waals surface area (Å²) in [6.45, 7) is 0.556. The Morgan fingerprint density at radius 2 is 2.14 bits per heavy atom. The highest BCUT2D eigenvalue weighted by Crippen LogP contribution is 2.16. The zero-order valence-corrected chi connectivity index (χ0v) is 13.5. The van der Waals surface area contributed by atoms with Crippen LogP contribution in [-0.4, -0.2) is 50.4 Å². The quantitative estimate of drug-likeness (QED) is 0.877. The van der Waals surface area contributed by atoms with Crippen LogP contribution in [0.25, 0.3) is 0 Å². The molecule has 1 aliphatic rings. The molecule has 0 saturated carbocycles. The van der Waals surface area contributed by atoms with Gasteiger partial charge < -0.3 is 5.32 Å². The van der Waals surface area contributed by atoms with Crippen LogP contribution in [-0.2, 0) is 21.2 Å². The molecule has 7 heteroatoms. The first-order valence-electron chi connectivity index (χ1n) is 6.78. The number of rotatable bonds is 5. The van der Waals surface area contributed by atoms with E-state index in [1.807, 2.05) is 18.2 Å². The molecular formula is C14H19ClN2O3S. The summed E-state index contributed by atoms with van der Waals surface area (Å²) in [7, 11) is -1.15. The summed E-state index contributed by atoms with van der Waals surface area (Å²) in [5, 5.41) is 3.42. The number of nitrogens with one attached hydrogen (secondary N) is 1. The summed E-state index contributed by atoms with van der Waals surface area (Å²) in [4.78, 5) is 13.7. The number of nitrogens with zero attached hydrogens (tertiary/aromatic N) is 1. The molecule has 1 unspecified atom stereocenters. The van der Waals surface area contributed by atoms with Crippen molar-refractivity contribution >= 4 is 27.3 Å². The van der Waals surface area contributed by atoms with Gasteiger partial charge in [-0.2, -0.15) is 0 Å². The van der Waals surface area contributed by atoms with Gasteiger partial charge in [0.1, 0.15) is 0 Å². The van der Waals surface area contributed by atoms with Crippen molar-refractivity contribution in [1.82, 2.24) is 10.2 Å². The van der Waals surface area contributed by atoms with E-state index in [0.717, 1.165) is 5.56 Å². The second-order valence-corrected chi connectivity index (χ2v) is 7.98. The van der Waals surface area contributed by atoms with Gasteiger partial charge in [-0.15, -0.1) is 0 Å². The molecule has 0 radical (unpaired) electrons. The number of sulfone groups is 1. The standard InChI is InChI=1S/C14H19ClN2O3S/c1-17(12-6-7-21(19,20)10-12)9-14(18)16-8-11-4-2-3-5-13(11)15/h2-5,12H,6-10H2,1H3,(H,16,18). The van der Waals surface area contributed by atoms with Crippen molar-refractivity contribution in [2.75, 3.05) is 25.1 Å². The lowest BCUT2D eigenvalue weighted by Crippen LogP contribution is -2.41. The third-order valence-electron chi connectivity index (χ3n) is 3.66. The number of amides is 1. The van der Waals surface area contributed by atoms with Gasteiger partial charge in [-0.25, -0.2) is 8.42 Å². The van der Waals surface area contributed by atoms with Crippen LogP contribution in [0.2, 0.25) is 5.02 Å². The predicted octanol–water partition coefficient (Wildman–Crippen LogP) is 1.08. The Labute approximate surface area is 130 Å². The average Bonchev–Trinajstić information content (AvgIpc) is 2.78. The molecule has 0 aromatic heterocycles. The first-order valence-corrected chi connectivity index (χ1v) is 8.98. The van der Waals surface area contributed by atoms with Gasteiger partial charge in [-0.05, 0) is 25.1 Å². The van der Waals surface area contributed by atoms with Gasteiger partial charge in [0.05, 0.1) is 18.1 Å². The smallest absolute Gasteiger partial charge is 0.234 e. The Bertz CT molecular complexity index is 618. The Balaban J connectivity index is 1.81. The number of hydrogen-bond donors (Lipinski definition) is 1. The van der Waals surface area contributed by atoms with E-state index in [1.165, 1.54) is 0 Å². The van der Waals surface area contributed by atoms with E-state index in [1.54, 1.807) is 18.0 Å². The van der Waals surface area contributed by atoms with Crippen molar-refractivity contribution in [3.63, 3.8) is 0 Å². The van der Waals surface area contributed by atoms with Crippen LogP contribution in [0.5, 0.6) is 0 Å². The average molecular weight is 331 g/mol. The minimum atomic E-state index is -2.93. The largest absolute Gasteiger partial charge is 0.351 e. The zero-order chi connectivity index (χ0) is 15.5. The molecular weight excluding hydrogens is 312 g/mol. The normalized spacial score (nSPS) is 20.6. The zero-order valence-electron chi connectivity index (χ0n) is 11.9. The van der Waals surface area contributed by atoms with Crippen LogP contribution < -0.4 is 5.32 Å². The lowest BCUT2D eigenvalue weighted by atomic mass is 10.2. The van der Waals surface area contributed by atoms with Crippen molar-refractivity contribution in [3.05, 3.63) is 34.9 Å². The van der Waals surface area contributed by atoms with Crippen molar-refractivity contribution in [1.29, 1.82) is 0 Å². The highest BCUT2D eigenvalue weighted by molar-refractivity contribution is 7.91. The lowest BCUT2D eigenvalue weighted by Gasteiger charge is -2.22. The first-order chi connectivity index (χ1) is 9.87. The fourth-order valence-electron chi connectivity index (χ4n) is 2.37. The van der Waals surface area contributed by atoms with Crippen LogP contribution in [0.3, 0.4) is 0 Å². The number of benzene rings is 1. The summed E-state index contributed by atoms with van der Waals surface area (Å²) in [6, 6.07) is 7.26. The van der Waals surface area contributed by atoms with Gasteiger partial charge >= 0.3 is 0 Å². The molecule has 1 amide bonds. The molecule has 1 N–H and O–H groups in total. The molecule has 0 bridgehead atoms. The molecule has 1 atom stereocenters. The first kappa shape index (κ1) is 16.3. The molecule has 116 valence electrons. The third kappa shape index (κ3) is 4.69. The molecule has 1 fully saturated rings.